The average Bonchev–Trinajstić information content (AvgIpc) is 2.31. The average molecular weight is 218 g/mol. The van der Waals surface area contributed by atoms with E-state index in [0.717, 1.165) is 6.42 Å². The Bertz CT molecular complexity index is 244. The Morgan fingerprint density at radius 1 is 1.06 bits per heavy atom. The van der Waals surface area contributed by atoms with Gasteiger partial charge in [-0.15, -0.1) is 13.2 Å². The van der Waals surface area contributed by atoms with Crippen molar-refractivity contribution in [2.75, 3.05) is 0 Å². The molecule has 0 heterocycles. The Balaban J connectivity index is -0.000000182. The van der Waals surface area contributed by atoms with Crippen LogP contribution in [0, 0.1) is 0 Å². The molecule has 0 aliphatic rings. The Morgan fingerprint density at radius 3 is 1.62 bits per heavy atom. The molecule has 1 aromatic carbocycles. The lowest BCUT2D eigenvalue weighted by molar-refractivity contribution is 1.23. The molecule has 0 saturated heterocycles. The van der Waals surface area contributed by atoms with Crippen molar-refractivity contribution in [2.24, 2.45) is 0 Å². The zero-order valence-electron chi connectivity index (χ0n) is 9.95. The minimum absolute atomic E-state index is 0. The SMILES string of the molecule is C.C=CC.C=CCC.C=Cc1ccccc1. The molecule has 0 N–H and O–H groups in total. The number of hydrogen-bond donors (Lipinski definition) is 0. The Labute approximate surface area is 102 Å². The van der Waals surface area contributed by atoms with Crippen LogP contribution in [0.25, 0.3) is 6.08 Å². The highest BCUT2D eigenvalue weighted by atomic mass is 13.8. The summed E-state index contributed by atoms with van der Waals surface area (Å²) in [7, 11) is 0. The van der Waals surface area contributed by atoms with Gasteiger partial charge in [0.05, 0.1) is 0 Å². The van der Waals surface area contributed by atoms with Crippen molar-refractivity contribution in [3.8, 4) is 0 Å². The summed E-state index contributed by atoms with van der Waals surface area (Å²) in [5.41, 5.74) is 1.17. The zero-order valence-corrected chi connectivity index (χ0v) is 9.95. The molecular formula is C16H26. The number of hydrogen-bond acceptors (Lipinski definition) is 0. The van der Waals surface area contributed by atoms with Gasteiger partial charge in [-0.2, -0.15) is 0 Å². The van der Waals surface area contributed by atoms with Crippen molar-refractivity contribution in [2.45, 2.75) is 27.7 Å². The van der Waals surface area contributed by atoms with Gasteiger partial charge in [-0.3, -0.25) is 0 Å². The topological polar surface area (TPSA) is 0 Å². The van der Waals surface area contributed by atoms with Crippen LogP contribution < -0.4 is 0 Å². The van der Waals surface area contributed by atoms with Crippen molar-refractivity contribution in [3.63, 3.8) is 0 Å². The summed E-state index contributed by atoms with van der Waals surface area (Å²) >= 11 is 0. The summed E-state index contributed by atoms with van der Waals surface area (Å²) in [6.07, 6.45) is 6.54. The van der Waals surface area contributed by atoms with E-state index in [1.165, 1.54) is 5.56 Å². The highest BCUT2D eigenvalue weighted by molar-refractivity contribution is 5.45. The van der Waals surface area contributed by atoms with Gasteiger partial charge in [0.25, 0.3) is 0 Å². The molecule has 0 unspecified atom stereocenters. The number of rotatable bonds is 2. The first-order valence-electron chi connectivity index (χ1n) is 5.12. The number of allylic oxidation sites excluding steroid dienone is 2. The molecule has 0 fully saturated rings. The first kappa shape index (κ1) is 19.9. The lowest BCUT2D eigenvalue weighted by atomic mass is 10.2. The smallest absolute Gasteiger partial charge is 0.0263 e. The van der Waals surface area contributed by atoms with Gasteiger partial charge in [-0.05, 0) is 18.9 Å². The third-order valence-electron chi connectivity index (χ3n) is 1.32. The van der Waals surface area contributed by atoms with Gasteiger partial charge in [-0.25, -0.2) is 0 Å². The van der Waals surface area contributed by atoms with Crippen LogP contribution in [0.5, 0.6) is 0 Å². The van der Waals surface area contributed by atoms with E-state index >= 15 is 0 Å². The predicted octanol–water partition coefficient (Wildman–Crippen LogP) is 5.74. The van der Waals surface area contributed by atoms with E-state index in [-0.39, 0.29) is 7.43 Å². The molecule has 0 spiro atoms. The third-order valence-corrected chi connectivity index (χ3v) is 1.32. The van der Waals surface area contributed by atoms with Crippen LogP contribution in [0.2, 0.25) is 0 Å². The minimum atomic E-state index is 0. The van der Waals surface area contributed by atoms with Gasteiger partial charge < -0.3 is 0 Å². The van der Waals surface area contributed by atoms with Crippen molar-refractivity contribution in [3.05, 3.63) is 67.8 Å². The fourth-order valence-electron chi connectivity index (χ4n) is 0.589. The quantitative estimate of drug-likeness (QED) is 0.555. The lowest BCUT2D eigenvalue weighted by Gasteiger charge is -1.85. The monoisotopic (exact) mass is 218 g/mol. The van der Waals surface area contributed by atoms with Crippen molar-refractivity contribution in [1.29, 1.82) is 0 Å². The fourth-order valence-corrected chi connectivity index (χ4v) is 0.589. The van der Waals surface area contributed by atoms with Gasteiger partial charge in [-0.1, -0.05) is 69.5 Å². The second-order valence-corrected chi connectivity index (χ2v) is 2.72. The predicted molar refractivity (Wildman–Crippen MR) is 79.6 cm³/mol. The molecule has 0 radical (unpaired) electrons. The third kappa shape index (κ3) is 18.3. The maximum absolute atomic E-state index is 3.63. The van der Waals surface area contributed by atoms with E-state index in [4.69, 9.17) is 0 Å². The molecule has 0 saturated carbocycles. The van der Waals surface area contributed by atoms with Crippen molar-refractivity contribution < 1.29 is 0 Å². The Hall–Kier alpha value is -1.56. The molecule has 1 rings (SSSR count). The van der Waals surface area contributed by atoms with Crippen molar-refractivity contribution >= 4 is 6.08 Å². The molecule has 0 heteroatoms. The molecule has 0 bridgehead atoms. The van der Waals surface area contributed by atoms with Gasteiger partial charge in [0.1, 0.15) is 0 Å². The molecule has 0 aromatic heterocycles. The molecule has 16 heavy (non-hydrogen) atoms. The molecule has 0 atom stereocenters. The zero-order chi connectivity index (χ0) is 11.9. The van der Waals surface area contributed by atoms with E-state index in [2.05, 4.69) is 26.7 Å². The van der Waals surface area contributed by atoms with Gasteiger partial charge >= 0.3 is 0 Å². The van der Waals surface area contributed by atoms with Crippen LogP contribution in [0.1, 0.15) is 33.3 Å². The summed E-state index contributed by atoms with van der Waals surface area (Å²) in [6, 6.07) is 10.0. The normalized spacial score (nSPS) is 6.62. The molecule has 0 aliphatic heterocycles. The summed E-state index contributed by atoms with van der Waals surface area (Å²) in [4.78, 5) is 0. The van der Waals surface area contributed by atoms with Crippen molar-refractivity contribution in [1.82, 2.24) is 0 Å². The second kappa shape index (κ2) is 19.1. The van der Waals surface area contributed by atoms with Crippen LogP contribution >= 0.6 is 0 Å². The molecule has 0 aliphatic carbocycles. The van der Waals surface area contributed by atoms with E-state index in [9.17, 15) is 0 Å². The molecule has 0 nitrogen and oxygen atoms in total. The second-order valence-electron chi connectivity index (χ2n) is 2.72. The van der Waals surface area contributed by atoms with Gasteiger partial charge in [0.15, 0.2) is 0 Å². The van der Waals surface area contributed by atoms with E-state index in [1.807, 2.05) is 49.4 Å². The summed E-state index contributed by atoms with van der Waals surface area (Å²) in [5, 5.41) is 0. The summed E-state index contributed by atoms with van der Waals surface area (Å²) in [6.45, 7) is 14.4. The Kier molecular flexibility index (Phi) is 23.8. The van der Waals surface area contributed by atoms with Crippen LogP contribution in [-0.2, 0) is 0 Å². The standard InChI is InChI=1S/C8H8.C4H8.C3H6.CH4/c1-2-8-6-4-3-5-7-8;1-3-4-2;1-3-2;/h2-7H,1H2;3H,1,4H2,2H3;3H,1H2,2H3;1H4. The Morgan fingerprint density at radius 2 is 1.44 bits per heavy atom. The highest BCUT2D eigenvalue weighted by Gasteiger charge is 1.75. The molecule has 1 aromatic rings. The largest absolute Gasteiger partial charge is 0.103 e. The van der Waals surface area contributed by atoms with E-state index in [0.29, 0.717) is 0 Å². The van der Waals surface area contributed by atoms with Crippen LogP contribution in [0.4, 0.5) is 0 Å². The van der Waals surface area contributed by atoms with Crippen LogP contribution in [-0.4, -0.2) is 0 Å². The summed E-state index contributed by atoms with van der Waals surface area (Å²) < 4.78 is 0. The van der Waals surface area contributed by atoms with Crippen LogP contribution in [0.3, 0.4) is 0 Å². The fraction of sp³-hybridized carbons (Fsp3) is 0.250. The highest BCUT2D eigenvalue weighted by Crippen LogP contribution is 1.97. The van der Waals surface area contributed by atoms with Crippen LogP contribution in [0.15, 0.2) is 62.2 Å². The minimum Gasteiger partial charge on any atom is -0.103 e. The van der Waals surface area contributed by atoms with E-state index < -0.39 is 0 Å². The van der Waals surface area contributed by atoms with Gasteiger partial charge in [0.2, 0.25) is 0 Å². The number of benzene rings is 1. The first-order valence-corrected chi connectivity index (χ1v) is 5.12. The maximum Gasteiger partial charge on any atom is -0.0263 e. The molecule has 90 valence electrons. The molecule has 0 amide bonds. The first-order chi connectivity index (χ1) is 7.26. The van der Waals surface area contributed by atoms with E-state index in [1.54, 1.807) is 6.08 Å². The lowest BCUT2D eigenvalue weighted by Crippen LogP contribution is -1.63. The molecular weight excluding hydrogens is 192 g/mol. The van der Waals surface area contributed by atoms with Gasteiger partial charge in [0, 0.05) is 0 Å². The summed E-state index contributed by atoms with van der Waals surface area (Å²) in [5.74, 6) is 0. The maximum atomic E-state index is 3.63.